The average Bonchev–Trinajstić information content (AvgIpc) is 3.08. The van der Waals surface area contributed by atoms with Gasteiger partial charge < -0.3 is 15.5 Å². The molecule has 1 aromatic heterocycles. The summed E-state index contributed by atoms with van der Waals surface area (Å²) in [6, 6.07) is 4.86. The van der Waals surface area contributed by atoms with Gasteiger partial charge in [-0.3, -0.25) is 4.98 Å². The predicted octanol–water partition coefficient (Wildman–Crippen LogP) is 1.56. The molecule has 22 heavy (non-hydrogen) atoms. The summed E-state index contributed by atoms with van der Waals surface area (Å²) in [5, 5.41) is 19.2. The third kappa shape index (κ3) is 4.53. The van der Waals surface area contributed by atoms with Crippen LogP contribution in [0.4, 0.5) is 0 Å². The van der Waals surface area contributed by atoms with Gasteiger partial charge in [-0.15, -0.1) is 0 Å². The Morgan fingerprint density at radius 1 is 1.27 bits per heavy atom. The Balaban J connectivity index is 0.000000192. The van der Waals surface area contributed by atoms with E-state index in [0.29, 0.717) is 18.2 Å². The van der Waals surface area contributed by atoms with Crippen LogP contribution in [0, 0.1) is 5.92 Å². The lowest BCUT2D eigenvalue weighted by Gasteiger charge is -2.07. The Kier molecular flexibility index (Phi) is 5.43. The zero-order valence-electron chi connectivity index (χ0n) is 12.0. The number of hydrogen-bond acceptors (Lipinski definition) is 4. The number of fused-ring (bicyclic) bond motifs is 1. The van der Waals surface area contributed by atoms with Crippen molar-refractivity contribution in [1.29, 1.82) is 0 Å². The molecule has 116 valence electrons. The summed E-state index contributed by atoms with van der Waals surface area (Å²) in [7, 11) is 0. The number of carboxylic acid groups (broad SMARTS) is 2. The molecule has 2 atom stereocenters. The van der Waals surface area contributed by atoms with Gasteiger partial charge in [-0.25, -0.2) is 9.59 Å². The van der Waals surface area contributed by atoms with Crippen LogP contribution in [0.25, 0.3) is 5.57 Å². The molecule has 1 saturated heterocycles. The van der Waals surface area contributed by atoms with Crippen molar-refractivity contribution in [3.63, 3.8) is 0 Å². The molecule has 0 spiro atoms. The van der Waals surface area contributed by atoms with Gasteiger partial charge in [0.25, 0.3) is 0 Å². The third-order valence-corrected chi connectivity index (χ3v) is 3.66. The SMILES string of the molecule is C1=C(c2cccnc2)C[C@H]2NCC[C@@H]12.O=C(O)C=CC(=O)O. The van der Waals surface area contributed by atoms with E-state index in [0.717, 1.165) is 5.92 Å². The lowest BCUT2D eigenvalue weighted by molar-refractivity contribution is -0.134. The van der Waals surface area contributed by atoms with Gasteiger partial charge in [0.05, 0.1) is 0 Å². The number of pyridine rings is 1. The van der Waals surface area contributed by atoms with Crippen molar-refractivity contribution in [3.8, 4) is 0 Å². The number of aromatic nitrogens is 1. The number of carboxylic acids is 2. The van der Waals surface area contributed by atoms with Gasteiger partial charge >= 0.3 is 11.9 Å². The van der Waals surface area contributed by atoms with E-state index >= 15 is 0 Å². The number of rotatable bonds is 3. The molecule has 0 saturated carbocycles. The van der Waals surface area contributed by atoms with Gasteiger partial charge in [0, 0.05) is 30.6 Å². The van der Waals surface area contributed by atoms with Crippen molar-refractivity contribution in [2.45, 2.75) is 18.9 Å². The maximum Gasteiger partial charge on any atom is 0.328 e. The zero-order chi connectivity index (χ0) is 15.9. The molecular weight excluding hydrogens is 284 g/mol. The van der Waals surface area contributed by atoms with Crippen LogP contribution in [-0.4, -0.2) is 39.7 Å². The van der Waals surface area contributed by atoms with E-state index in [4.69, 9.17) is 10.2 Å². The number of nitrogens with one attached hydrogen (secondary N) is 1. The van der Waals surface area contributed by atoms with E-state index in [1.165, 1.54) is 30.5 Å². The highest BCUT2D eigenvalue weighted by Gasteiger charge is 2.31. The zero-order valence-corrected chi connectivity index (χ0v) is 12.0. The smallest absolute Gasteiger partial charge is 0.328 e. The van der Waals surface area contributed by atoms with Crippen molar-refractivity contribution < 1.29 is 19.8 Å². The second-order valence-corrected chi connectivity index (χ2v) is 5.16. The summed E-state index contributed by atoms with van der Waals surface area (Å²) in [5.41, 5.74) is 2.77. The first-order valence-electron chi connectivity index (χ1n) is 7.04. The minimum Gasteiger partial charge on any atom is -0.478 e. The van der Waals surface area contributed by atoms with Crippen LogP contribution in [0.5, 0.6) is 0 Å². The molecule has 2 heterocycles. The summed E-state index contributed by atoms with van der Waals surface area (Å²) in [4.78, 5) is 23.3. The standard InChI is InChI=1S/C12H14N2.C4H4O4/c1-2-10(8-13-4-1)11-6-9-3-5-14-12(9)7-11;5-3(6)1-2-4(7)8/h1-2,4,6,8-9,12,14H,3,5,7H2;1-2H,(H,5,6)(H,7,8)/t9-,12+;/m0./s1. The minimum absolute atomic E-state index is 0.558. The highest BCUT2D eigenvalue weighted by Crippen LogP contribution is 2.35. The van der Waals surface area contributed by atoms with Crippen LogP contribution >= 0.6 is 0 Å². The fraction of sp³-hybridized carbons (Fsp3) is 0.312. The molecule has 1 fully saturated rings. The average molecular weight is 302 g/mol. The largest absolute Gasteiger partial charge is 0.478 e. The fourth-order valence-electron chi connectivity index (χ4n) is 2.68. The van der Waals surface area contributed by atoms with E-state index < -0.39 is 11.9 Å². The molecule has 0 unspecified atom stereocenters. The lowest BCUT2D eigenvalue weighted by Crippen LogP contribution is -2.22. The van der Waals surface area contributed by atoms with E-state index in [9.17, 15) is 9.59 Å². The second kappa shape index (κ2) is 7.51. The number of nitrogens with zero attached hydrogens (tertiary/aromatic N) is 1. The van der Waals surface area contributed by atoms with Crippen molar-refractivity contribution in [1.82, 2.24) is 10.3 Å². The lowest BCUT2D eigenvalue weighted by atomic mass is 10.1. The van der Waals surface area contributed by atoms with E-state index in [2.05, 4.69) is 22.4 Å². The molecule has 1 aliphatic carbocycles. The quantitative estimate of drug-likeness (QED) is 0.733. The summed E-state index contributed by atoms with van der Waals surface area (Å²) in [6.07, 6.45) is 9.82. The van der Waals surface area contributed by atoms with Crippen LogP contribution in [0.15, 0.2) is 42.8 Å². The van der Waals surface area contributed by atoms with Crippen LogP contribution in [0.3, 0.4) is 0 Å². The summed E-state index contributed by atoms with van der Waals surface area (Å²) in [6.45, 7) is 1.19. The molecule has 3 N–H and O–H groups in total. The molecule has 6 heteroatoms. The Hall–Kier alpha value is -2.47. The van der Waals surface area contributed by atoms with Crippen molar-refractivity contribution in [2.24, 2.45) is 5.92 Å². The molecule has 6 nitrogen and oxygen atoms in total. The monoisotopic (exact) mass is 302 g/mol. The Morgan fingerprint density at radius 2 is 2.00 bits per heavy atom. The van der Waals surface area contributed by atoms with Crippen molar-refractivity contribution in [2.75, 3.05) is 6.54 Å². The molecule has 0 aromatic carbocycles. The Morgan fingerprint density at radius 3 is 2.55 bits per heavy atom. The highest BCUT2D eigenvalue weighted by atomic mass is 16.4. The van der Waals surface area contributed by atoms with Crippen molar-refractivity contribution >= 4 is 17.5 Å². The Bertz CT molecular complexity index is 579. The third-order valence-electron chi connectivity index (χ3n) is 3.66. The highest BCUT2D eigenvalue weighted by molar-refractivity contribution is 5.89. The minimum atomic E-state index is -1.26. The van der Waals surface area contributed by atoms with Gasteiger partial charge in [0.2, 0.25) is 0 Å². The second-order valence-electron chi connectivity index (χ2n) is 5.16. The predicted molar refractivity (Wildman–Crippen MR) is 81.1 cm³/mol. The number of carbonyl (C=O) groups is 2. The topological polar surface area (TPSA) is 99.5 Å². The first-order chi connectivity index (χ1) is 10.6. The molecule has 1 aromatic rings. The maximum atomic E-state index is 9.55. The summed E-state index contributed by atoms with van der Waals surface area (Å²) >= 11 is 0. The fourth-order valence-corrected chi connectivity index (χ4v) is 2.68. The van der Waals surface area contributed by atoms with Crippen LogP contribution < -0.4 is 5.32 Å². The molecule has 2 aliphatic rings. The number of aliphatic carboxylic acids is 2. The van der Waals surface area contributed by atoms with E-state index in [1.807, 2.05) is 18.5 Å². The molecule has 0 bridgehead atoms. The first kappa shape index (κ1) is 15.9. The maximum absolute atomic E-state index is 9.55. The molecule has 3 rings (SSSR count). The van der Waals surface area contributed by atoms with E-state index in [-0.39, 0.29) is 0 Å². The van der Waals surface area contributed by atoms with Crippen LogP contribution in [0.2, 0.25) is 0 Å². The van der Waals surface area contributed by atoms with Gasteiger partial charge in [0.1, 0.15) is 0 Å². The molecular formula is C16H18N2O4. The normalized spacial score (nSPS) is 22.6. The summed E-state index contributed by atoms with van der Waals surface area (Å²) < 4.78 is 0. The Labute approximate surface area is 128 Å². The molecule has 0 amide bonds. The van der Waals surface area contributed by atoms with Crippen molar-refractivity contribution in [3.05, 3.63) is 48.3 Å². The van der Waals surface area contributed by atoms with Gasteiger partial charge in [-0.05, 0) is 42.5 Å². The summed E-state index contributed by atoms with van der Waals surface area (Å²) in [5.74, 6) is -1.75. The van der Waals surface area contributed by atoms with Gasteiger partial charge in [-0.2, -0.15) is 0 Å². The first-order valence-corrected chi connectivity index (χ1v) is 7.04. The van der Waals surface area contributed by atoms with Gasteiger partial charge in [0.15, 0.2) is 0 Å². The van der Waals surface area contributed by atoms with Crippen LogP contribution in [-0.2, 0) is 9.59 Å². The number of hydrogen-bond donors (Lipinski definition) is 3. The molecule has 1 aliphatic heterocycles. The van der Waals surface area contributed by atoms with Gasteiger partial charge in [-0.1, -0.05) is 12.1 Å². The van der Waals surface area contributed by atoms with E-state index in [1.54, 1.807) is 0 Å². The van der Waals surface area contributed by atoms with Crippen LogP contribution in [0.1, 0.15) is 18.4 Å². The molecule has 0 radical (unpaired) electrons.